The van der Waals surface area contributed by atoms with Crippen LogP contribution in [0.15, 0.2) is 41.8 Å². The maximum Gasteiger partial charge on any atom is 0.337 e. The standard InChI is InChI=1S/C16H20O3SSi/c1-18-16(17)13-9-7-12(8-10-13)15(19-21(2,3)4)14-6-5-11-20-14/h5-11,15H,1-4H3. The van der Waals surface area contributed by atoms with Crippen LogP contribution >= 0.6 is 11.3 Å². The van der Waals surface area contributed by atoms with Crippen LogP contribution in [0.4, 0.5) is 0 Å². The Labute approximate surface area is 130 Å². The molecular formula is C16H20O3SSi. The van der Waals surface area contributed by atoms with Crippen LogP contribution in [-0.4, -0.2) is 21.4 Å². The van der Waals surface area contributed by atoms with Gasteiger partial charge in [-0.3, -0.25) is 0 Å². The van der Waals surface area contributed by atoms with E-state index in [9.17, 15) is 4.79 Å². The van der Waals surface area contributed by atoms with Crippen LogP contribution in [0.25, 0.3) is 0 Å². The van der Waals surface area contributed by atoms with Crippen molar-refractivity contribution in [2.75, 3.05) is 7.11 Å². The summed E-state index contributed by atoms with van der Waals surface area (Å²) < 4.78 is 11.1. The Morgan fingerprint density at radius 1 is 1.14 bits per heavy atom. The number of thiophene rings is 1. The number of hydrogen-bond donors (Lipinski definition) is 0. The number of carbonyl (C=O) groups excluding carboxylic acids is 1. The molecule has 0 aliphatic rings. The lowest BCUT2D eigenvalue weighted by molar-refractivity contribution is 0.0600. The Kier molecular flexibility index (Phi) is 4.98. The highest BCUT2D eigenvalue weighted by molar-refractivity contribution is 7.10. The summed E-state index contributed by atoms with van der Waals surface area (Å²) in [6.45, 7) is 6.53. The second-order valence-corrected chi connectivity index (χ2v) is 11.2. The lowest BCUT2D eigenvalue weighted by Gasteiger charge is -2.26. The number of esters is 1. The third-order valence-corrected chi connectivity index (χ3v) is 4.77. The second-order valence-electron chi connectivity index (χ2n) is 5.74. The van der Waals surface area contributed by atoms with E-state index in [0.29, 0.717) is 5.56 Å². The van der Waals surface area contributed by atoms with Crippen LogP contribution in [0, 0.1) is 0 Å². The lowest BCUT2D eigenvalue weighted by Crippen LogP contribution is -2.28. The van der Waals surface area contributed by atoms with Gasteiger partial charge in [-0.05, 0) is 48.8 Å². The first-order valence-corrected chi connectivity index (χ1v) is 11.1. The minimum atomic E-state index is -1.69. The summed E-state index contributed by atoms with van der Waals surface area (Å²) >= 11 is 1.69. The number of methoxy groups -OCH3 is 1. The van der Waals surface area contributed by atoms with Crippen LogP contribution in [0.5, 0.6) is 0 Å². The molecule has 0 radical (unpaired) electrons. The molecule has 0 N–H and O–H groups in total. The van der Waals surface area contributed by atoms with Gasteiger partial charge in [-0.25, -0.2) is 4.79 Å². The van der Waals surface area contributed by atoms with Crippen molar-refractivity contribution in [2.24, 2.45) is 0 Å². The van der Waals surface area contributed by atoms with Crippen molar-refractivity contribution in [3.63, 3.8) is 0 Å². The zero-order valence-electron chi connectivity index (χ0n) is 12.8. The maximum absolute atomic E-state index is 11.5. The zero-order chi connectivity index (χ0) is 15.5. The first-order valence-electron chi connectivity index (χ1n) is 6.80. The monoisotopic (exact) mass is 320 g/mol. The molecule has 0 saturated carbocycles. The molecule has 0 bridgehead atoms. The van der Waals surface area contributed by atoms with Crippen LogP contribution < -0.4 is 0 Å². The fraction of sp³-hybridized carbons (Fsp3) is 0.312. The highest BCUT2D eigenvalue weighted by Crippen LogP contribution is 2.32. The van der Waals surface area contributed by atoms with Crippen LogP contribution in [0.2, 0.25) is 19.6 Å². The van der Waals surface area contributed by atoms with E-state index >= 15 is 0 Å². The van der Waals surface area contributed by atoms with Crippen molar-refractivity contribution in [3.05, 3.63) is 57.8 Å². The summed E-state index contributed by atoms with van der Waals surface area (Å²) in [6.07, 6.45) is -0.0663. The van der Waals surface area contributed by atoms with Crippen LogP contribution in [0.3, 0.4) is 0 Å². The highest BCUT2D eigenvalue weighted by atomic mass is 32.1. The molecule has 112 valence electrons. The fourth-order valence-corrected chi connectivity index (χ4v) is 3.83. The quantitative estimate of drug-likeness (QED) is 0.602. The number of benzene rings is 1. The minimum absolute atomic E-state index is 0.0663. The third kappa shape index (κ3) is 4.26. The molecule has 21 heavy (non-hydrogen) atoms. The van der Waals surface area contributed by atoms with Crippen molar-refractivity contribution >= 4 is 25.6 Å². The Morgan fingerprint density at radius 3 is 2.29 bits per heavy atom. The smallest absolute Gasteiger partial charge is 0.337 e. The van der Waals surface area contributed by atoms with Gasteiger partial charge in [-0.15, -0.1) is 11.3 Å². The fourth-order valence-electron chi connectivity index (χ4n) is 2.00. The van der Waals surface area contributed by atoms with Crippen molar-refractivity contribution in [1.29, 1.82) is 0 Å². The van der Waals surface area contributed by atoms with E-state index in [0.717, 1.165) is 5.56 Å². The van der Waals surface area contributed by atoms with E-state index < -0.39 is 8.32 Å². The van der Waals surface area contributed by atoms with Gasteiger partial charge >= 0.3 is 5.97 Å². The van der Waals surface area contributed by atoms with Gasteiger partial charge in [0.25, 0.3) is 0 Å². The number of ether oxygens (including phenoxy) is 1. The van der Waals surface area contributed by atoms with Crippen LogP contribution in [0.1, 0.15) is 26.9 Å². The van der Waals surface area contributed by atoms with Gasteiger partial charge in [0.1, 0.15) is 6.10 Å². The van der Waals surface area contributed by atoms with Crippen molar-refractivity contribution < 1.29 is 14.0 Å². The van der Waals surface area contributed by atoms with Crippen molar-refractivity contribution in [3.8, 4) is 0 Å². The summed E-state index contributed by atoms with van der Waals surface area (Å²) in [6, 6.07) is 11.6. The molecule has 1 aromatic carbocycles. The van der Waals surface area contributed by atoms with E-state index in [1.807, 2.05) is 18.2 Å². The van der Waals surface area contributed by atoms with Crippen molar-refractivity contribution in [2.45, 2.75) is 25.7 Å². The average Bonchev–Trinajstić information content (AvgIpc) is 2.97. The Morgan fingerprint density at radius 2 is 1.81 bits per heavy atom. The van der Waals surface area contributed by atoms with E-state index in [1.165, 1.54) is 12.0 Å². The number of carbonyl (C=O) groups is 1. The molecular weight excluding hydrogens is 300 g/mol. The van der Waals surface area contributed by atoms with E-state index in [2.05, 4.69) is 31.1 Å². The van der Waals surface area contributed by atoms with Gasteiger partial charge in [0, 0.05) is 4.88 Å². The van der Waals surface area contributed by atoms with Gasteiger partial charge in [0.05, 0.1) is 12.7 Å². The molecule has 1 atom stereocenters. The molecule has 0 aliphatic carbocycles. The first-order chi connectivity index (χ1) is 9.90. The van der Waals surface area contributed by atoms with E-state index in [1.54, 1.807) is 23.5 Å². The summed E-state index contributed by atoms with van der Waals surface area (Å²) in [5.41, 5.74) is 1.62. The molecule has 3 nitrogen and oxygen atoms in total. The van der Waals surface area contributed by atoms with Gasteiger partial charge in [0.15, 0.2) is 8.32 Å². The molecule has 2 rings (SSSR count). The highest BCUT2D eigenvalue weighted by Gasteiger charge is 2.24. The molecule has 0 amide bonds. The largest absolute Gasteiger partial charge is 0.465 e. The molecule has 0 spiro atoms. The lowest BCUT2D eigenvalue weighted by atomic mass is 10.1. The molecule has 1 aromatic heterocycles. The normalized spacial score (nSPS) is 13.0. The third-order valence-electron chi connectivity index (χ3n) is 2.91. The minimum Gasteiger partial charge on any atom is -0.465 e. The van der Waals surface area contributed by atoms with Gasteiger partial charge in [0.2, 0.25) is 0 Å². The summed E-state index contributed by atoms with van der Waals surface area (Å²) in [4.78, 5) is 12.7. The summed E-state index contributed by atoms with van der Waals surface area (Å²) in [5, 5.41) is 2.05. The van der Waals surface area contributed by atoms with Gasteiger partial charge in [-0.2, -0.15) is 0 Å². The average molecular weight is 320 g/mol. The molecule has 0 saturated heterocycles. The number of hydrogen-bond acceptors (Lipinski definition) is 4. The molecule has 2 aromatic rings. The Hall–Kier alpha value is -1.43. The van der Waals surface area contributed by atoms with E-state index in [-0.39, 0.29) is 12.1 Å². The number of rotatable bonds is 5. The van der Waals surface area contributed by atoms with E-state index in [4.69, 9.17) is 9.16 Å². The predicted octanol–water partition coefficient (Wildman–Crippen LogP) is 4.48. The molecule has 5 heteroatoms. The Bertz CT molecular complexity index is 585. The second kappa shape index (κ2) is 6.55. The Balaban J connectivity index is 2.31. The molecule has 1 heterocycles. The molecule has 1 unspecified atom stereocenters. The van der Waals surface area contributed by atoms with Crippen LogP contribution in [-0.2, 0) is 9.16 Å². The molecule has 0 aliphatic heterocycles. The zero-order valence-corrected chi connectivity index (χ0v) is 14.6. The maximum atomic E-state index is 11.5. The topological polar surface area (TPSA) is 35.5 Å². The van der Waals surface area contributed by atoms with Gasteiger partial charge < -0.3 is 9.16 Å². The van der Waals surface area contributed by atoms with Crippen molar-refractivity contribution in [1.82, 2.24) is 0 Å². The summed E-state index contributed by atoms with van der Waals surface area (Å²) in [7, 11) is -0.299. The predicted molar refractivity (Wildman–Crippen MR) is 88.4 cm³/mol. The summed E-state index contributed by atoms with van der Waals surface area (Å²) in [5.74, 6) is -0.319. The first kappa shape index (κ1) is 15.9. The SMILES string of the molecule is COC(=O)c1ccc(C(O[Si](C)(C)C)c2cccs2)cc1. The molecule has 0 fully saturated rings. The van der Waals surface area contributed by atoms with Gasteiger partial charge in [-0.1, -0.05) is 18.2 Å².